The number of carbonyl (C=O) groups is 1. The molecule has 3 nitrogen and oxygen atoms in total. The Morgan fingerprint density at radius 2 is 1.89 bits per heavy atom. The van der Waals surface area contributed by atoms with Crippen LogP contribution in [0.15, 0.2) is 0 Å². The van der Waals surface area contributed by atoms with Crippen molar-refractivity contribution in [3.63, 3.8) is 0 Å². The average molecular weight is 284 g/mol. The topological polar surface area (TPSA) is 46.3 Å². The van der Waals surface area contributed by atoms with Crippen LogP contribution >= 0.6 is 12.2 Å². The lowest BCUT2D eigenvalue weighted by atomic mass is 9.75. The third-order valence-electron chi connectivity index (χ3n) is 4.90. The second-order valence-electron chi connectivity index (χ2n) is 6.86. The number of amides is 1. The molecule has 0 aromatic rings. The second kappa shape index (κ2) is 5.78. The molecule has 1 aliphatic carbocycles. The zero-order valence-corrected chi connectivity index (χ0v) is 13.8. The van der Waals surface area contributed by atoms with E-state index in [4.69, 9.17) is 18.0 Å². The van der Waals surface area contributed by atoms with Crippen molar-refractivity contribution in [2.24, 2.45) is 16.6 Å². The van der Waals surface area contributed by atoms with Gasteiger partial charge in [-0.2, -0.15) is 0 Å². The number of carbonyl (C=O) groups excluding carboxylic acids is 1. The fourth-order valence-electron chi connectivity index (χ4n) is 2.76. The minimum absolute atomic E-state index is 0.0761. The molecule has 1 unspecified atom stereocenters. The fourth-order valence-corrected chi connectivity index (χ4v) is 2.99. The third kappa shape index (κ3) is 3.47. The monoisotopic (exact) mass is 284 g/mol. The SMILES string of the molecule is CCC(C)(C(=O)N(C)C1CCC(C)(C)CC1)C(N)=S. The molecule has 4 heteroatoms. The van der Waals surface area contributed by atoms with E-state index in [1.54, 1.807) is 0 Å². The Bertz CT molecular complexity index is 357. The van der Waals surface area contributed by atoms with Crippen molar-refractivity contribution in [1.82, 2.24) is 4.90 Å². The molecule has 0 aromatic carbocycles. The summed E-state index contributed by atoms with van der Waals surface area (Å²) < 4.78 is 0. The first-order valence-electron chi connectivity index (χ1n) is 7.21. The van der Waals surface area contributed by atoms with Gasteiger partial charge in [0, 0.05) is 13.1 Å². The lowest BCUT2D eigenvalue weighted by molar-refractivity contribution is -0.139. The van der Waals surface area contributed by atoms with Gasteiger partial charge in [-0.25, -0.2) is 0 Å². The first kappa shape index (κ1) is 16.4. The minimum atomic E-state index is -0.697. The van der Waals surface area contributed by atoms with Gasteiger partial charge in [0.1, 0.15) is 0 Å². The standard InChI is InChI=1S/C15H28N2OS/c1-6-15(4,12(16)19)13(18)17(5)11-7-9-14(2,3)10-8-11/h11H,6-10H2,1-5H3,(H2,16,19). The van der Waals surface area contributed by atoms with Crippen molar-refractivity contribution >= 4 is 23.1 Å². The molecule has 1 aliphatic rings. The lowest BCUT2D eigenvalue weighted by Gasteiger charge is -2.41. The van der Waals surface area contributed by atoms with Crippen LogP contribution in [0.5, 0.6) is 0 Å². The van der Waals surface area contributed by atoms with E-state index >= 15 is 0 Å². The van der Waals surface area contributed by atoms with Crippen LogP contribution in [0.4, 0.5) is 0 Å². The van der Waals surface area contributed by atoms with Crippen molar-refractivity contribution in [1.29, 1.82) is 0 Å². The summed E-state index contributed by atoms with van der Waals surface area (Å²) in [6.45, 7) is 8.43. The average Bonchev–Trinajstić information content (AvgIpc) is 2.35. The van der Waals surface area contributed by atoms with Crippen molar-refractivity contribution in [2.75, 3.05) is 7.05 Å². The van der Waals surface area contributed by atoms with Crippen molar-refractivity contribution in [2.45, 2.75) is 65.8 Å². The molecule has 1 rings (SSSR count). The molecule has 1 atom stereocenters. The Balaban J connectivity index is 2.75. The van der Waals surface area contributed by atoms with E-state index in [-0.39, 0.29) is 5.91 Å². The van der Waals surface area contributed by atoms with Crippen LogP contribution in [0.1, 0.15) is 59.8 Å². The van der Waals surface area contributed by atoms with Crippen LogP contribution in [0.2, 0.25) is 0 Å². The first-order chi connectivity index (χ1) is 8.64. The maximum Gasteiger partial charge on any atom is 0.235 e. The van der Waals surface area contributed by atoms with Crippen LogP contribution in [0.3, 0.4) is 0 Å². The lowest BCUT2D eigenvalue weighted by Crippen LogP contribution is -2.51. The van der Waals surface area contributed by atoms with Gasteiger partial charge in [-0.1, -0.05) is 33.0 Å². The van der Waals surface area contributed by atoms with Crippen molar-refractivity contribution < 1.29 is 4.79 Å². The number of nitrogens with zero attached hydrogens (tertiary/aromatic N) is 1. The highest BCUT2D eigenvalue weighted by atomic mass is 32.1. The largest absolute Gasteiger partial charge is 0.392 e. The summed E-state index contributed by atoms with van der Waals surface area (Å²) in [6, 6.07) is 0.334. The predicted molar refractivity (Wildman–Crippen MR) is 84.0 cm³/mol. The van der Waals surface area contributed by atoms with E-state index in [0.29, 0.717) is 22.9 Å². The molecule has 19 heavy (non-hydrogen) atoms. The summed E-state index contributed by atoms with van der Waals surface area (Å²) in [7, 11) is 1.90. The molecule has 0 radical (unpaired) electrons. The van der Waals surface area contributed by atoms with Gasteiger partial charge >= 0.3 is 0 Å². The van der Waals surface area contributed by atoms with Crippen LogP contribution in [0, 0.1) is 10.8 Å². The molecule has 0 aromatic heterocycles. The van der Waals surface area contributed by atoms with Gasteiger partial charge in [0.15, 0.2) is 0 Å². The van der Waals surface area contributed by atoms with Crippen LogP contribution < -0.4 is 5.73 Å². The maximum atomic E-state index is 12.7. The summed E-state index contributed by atoms with van der Waals surface area (Å²) in [5, 5.41) is 0. The predicted octanol–water partition coefficient (Wildman–Crippen LogP) is 3.12. The normalized spacial score (nSPS) is 22.6. The molecule has 1 fully saturated rings. The van der Waals surface area contributed by atoms with Gasteiger partial charge in [-0.05, 0) is 44.4 Å². The summed E-state index contributed by atoms with van der Waals surface area (Å²) >= 11 is 5.09. The van der Waals surface area contributed by atoms with Gasteiger partial charge < -0.3 is 10.6 Å². The zero-order valence-electron chi connectivity index (χ0n) is 13.0. The summed E-state index contributed by atoms with van der Waals surface area (Å²) in [5.41, 5.74) is 5.49. The molecule has 0 bridgehead atoms. The third-order valence-corrected chi connectivity index (χ3v) is 5.35. The Morgan fingerprint density at radius 3 is 2.26 bits per heavy atom. The molecule has 0 heterocycles. The quantitative estimate of drug-likeness (QED) is 0.807. The first-order valence-corrected chi connectivity index (χ1v) is 7.62. The second-order valence-corrected chi connectivity index (χ2v) is 7.30. The molecule has 1 amide bonds. The maximum absolute atomic E-state index is 12.7. The van der Waals surface area contributed by atoms with E-state index in [9.17, 15) is 4.79 Å². The van der Waals surface area contributed by atoms with E-state index in [0.717, 1.165) is 12.8 Å². The number of thiocarbonyl (C=S) groups is 1. The van der Waals surface area contributed by atoms with Crippen molar-refractivity contribution in [3.8, 4) is 0 Å². The molecular weight excluding hydrogens is 256 g/mol. The van der Waals surface area contributed by atoms with E-state index in [2.05, 4.69) is 13.8 Å². The van der Waals surface area contributed by atoms with Crippen LogP contribution in [-0.4, -0.2) is 28.9 Å². The summed E-state index contributed by atoms with van der Waals surface area (Å²) in [5.74, 6) is 0.0761. The highest BCUT2D eigenvalue weighted by Crippen LogP contribution is 2.37. The van der Waals surface area contributed by atoms with Crippen LogP contribution in [-0.2, 0) is 4.79 Å². The van der Waals surface area contributed by atoms with Crippen molar-refractivity contribution in [3.05, 3.63) is 0 Å². The molecular formula is C15H28N2OS. The zero-order chi connectivity index (χ0) is 14.8. The smallest absolute Gasteiger partial charge is 0.235 e. The van der Waals surface area contributed by atoms with Gasteiger partial charge in [0.25, 0.3) is 0 Å². The molecule has 1 saturated carbocycles. The van der Waals surface area contributed by atoms with Gasteiger partial charge in [0.05, 0.1) is 10.4 Å². The number of hydrogen-bond acceptors (Lipinski definition) is 2. The molecule has 0 spiro atoms. The molecule has 0 aliphatic heterocycles. The Labute approximate surface area is 122 Å². The Hall–Kier alpha value is -0.640. The fraction of sp³-hybridized carbons (Fsp3) is 0.867. The van der Waals surface area contributed by atoms with E-state index in [1.165, 1.54) is 12.8 Å². The summed E-state index contributed by atoms with van der Waals surface area (Å²) in [6.07, 6.45) is 5.15. The van der Waals surface area contributed by atoms with Crippen LogP contribution in [0.25, 0.3) is 0 Å². The number of hydrogen-bond donors (Lipinski definition) is 1. The number of rotatable bonds is 4. The minimum Gasteiger partial charge on any atom is -0.392 e. The number of nitrogens with two attached hydrogens (primary N) is 1. The Kier molecular flexibility index (Phi) is 4.99. The van der Waals surface area contributed by atoms with Gasteiger partial charge in [-0.15, -0.1) is 0 Å². The van der Waals surface area contributed by atoms with Gasteiger partial charge in [0.2, 0.25) is 5.91 Å². The van der Waals surface area contributed by atoms with E-state index in [1.807, 2.05) is 25.8 Å². The summed E-state index contributed by atoms with van der Waals surface area (Å²) in [4.78, 5) is 14.9. The molecule has 110 valence electrons. The molecule has 0 saturated heterocycles. The van der Waals surface area contributed by atoms with E-state index < -0.39 is 5.41 Å². The highest BCUT2D eigenvalue weighted by molar-refractivity contribution is 7.80. The highest BCUT2D eigenvalue weighted by Gasteiger charge is 2.40. The Morgan fingerprint density at radius 1 is 1.42 bits per heavy atom. The molecule has 2 N–H and O–H groups in total. The van der Waals surface area contributed by atoms with Gasteiger partial charge in [-0.3, -0.25) is 4.79 Å².